The molecule has 0 aromatic carbocycles. The van der Waals surface area contributed by atoms with E-state index in [1.54, 1.807) is 7.05 Å². The second kappa shape index (κ2) is 4.02. The van der Waals surface area contributed by atoms with Gasteiger partial charge in [0, 0.05) is 7.11 Å². The molecule has 3 heteroatoms. The molecule has 0 rings (SSSR count). The van der Waals surface area contributed by atoms with Crippen LogP contribution in [0.25, 0.3) is 0 Å². The molecule has 0 aliphatic carbocycles. The molecule has 0 aliphatic rings. The maximum Gasteiger partial charge on any atom is 0.211 e. The first-order chi connectivity index (χ1) is 3.31. The van der Waals surface area contributed by atoms with Crippen LogP contribution in [0.2, 0.25) is 0 Å². The third-order valence-electron chi connectivity index (χ3n) is 0.620. The summed E-state index contributed by atoms with van der Waals surface area (Å²) in [6, 6.07) is 0. The molecule has 44 valence electrons. The Morgan fingerprint density at radius 3 is 2.57 bits per heavy atom. The Morgan fingerprint density at radius 2 is 2.43 bits per heavy atom. The fourth-order valence-corrected chi connectivity index (χ4v) is 0.244. The molecule has 2 nitrogen and oxygen atoms in total. The minimum Gasteiger partial charge on any atom is -0.350 e. The zero-order chi connectivity index (χ0) is 5.70. The summed E-state index contributed by atoms with van der Waals surface area (Å²) in [7, 11) is 3.01. The molecule has 0 aromatic heterocycles. The lowest BCUT2D eigenvalue weighted by Gasteiger charge is -2.01. The van der Waals surface area contributed by atoms with Crippen LogP contribution in [0.5, 0.6) is 0 Å². The van der Waals surface area contributed by atoms with Crippen molar-refractivity contribution in [3.05, 3.63) is 0 Å². The van der Waals surface area contributed by atoms with Crippen LogP contribution in [0.4, 0.5) is 4.39 Å². The van der Waals surface area contributed by atoms with Crippen LogP contribution in [-0.4, -0.2) is 27.1 Å². The zero-order valence-corrected chi connectivity index (χ0v) is 4.57. The molecule has 0 spiro atoms. The molecular weight excluding hydrogens is 97.0 g/mol. The molecular formula is C4H10FNO. The van der Waals surface area contributed by atoms with E-state index < -0.39 is 6.36 Å². The van der Waals surface area contributed by atoms with Crippen LogP contribution in [0.1, 0.15) is 0 Å². The quantitative estimate of drug-likeness (QED) is 0.554. The first kappa shape index (κ1) is 6.85. The van der Waals surface area contributed by atoms with Crippen molar-refractivity contribution in [2.75, 3.05) is 20.7 Å². The second-order valence-corrected chi connectivity index (χ2v) is 1.20. The molecule has 0 unspecified atom stereocenters. The summed E-state index contributed by atoms with van der Waals surface area (Å²) in [5.41, 5.74) is 0. The molecule has 0 bridgehead atoms. The van der Waals surface area contributed by atoms with Gasteiger partial charge in [-0.25, -0.2) is 4.39 Å². The van der Waals surface area contributed by atoms with Gasteiger partial charge in [0.05, 0.1) is 6.54 Å². The second-order valence-electron chi connectivity index (χ2n) is 1.20. The monoisotopic (exact) mass is 107 g/mol. The molecule has 1 atom stereocenters. The van der Waals surface area contributed by atoms with E-state index in [4.69, 9.17) is 0 Å². The predicted molar refractivity (Wildman–Crippen MR) is 25.8 cm³/mol. The van der Waals surface area contributed by atoms with Gasteiger partial charge in [0.2, 0.25) is 6.36 Å². The van der Waals surface area contributed by atoms with Crippen molar-refractivity contribution >= 4 is 0 Å². The number of methoxy groups -OCH3 is 1. The summed E-state index contributed by atoms with van der Waals surface area (Å²) < 4.78 is 16.1. The highest BCUT2D eigenvalue weighted by atomic mass is 19.1. The number of hydrogen-bond donors (Lipinski definition) is 1. The molecule has 7 heavy (non-hydrogen) atoms. The summed E-state index contributed by atoms with van der Waals surface area (Å²) in [6.45, 7) is 0.260. The minimum absolute atomic E-state index is 0.260. The number of alkyl halides is 1. The van der Waals surface area contributed by atoms with Crippen LogP contribution in [0.3, 0.4) is 0 Å². The molecule has 0 aromatic rings. The summed E-state index contributed by atoms with van der Waals surface area (Å²) in [5.74, 6) is 0. The van der Waals surface area contributed by atoms with Crippen LogP contribution in [0, 0.1) is 0 Å². The van der Waals surface area contributed by atoms with E-state index in [2.05, 4.69) is 10.1 Å². The zero-order valence-electron chi connectivity index (χ0n) is 4.57. The molecule has 1 N–H and O–H groups in total. The SMILES string of the molecule is CNC[C@H](F)OC. The first-order valence-corrected chi connectivity index (χ1v) is 2.12. The van der Waals surface area contributed by atoms with Gasteiger partial charge in [-0.2, -0.15) is 0 Å². The Balaban J connectivity index is 2.83. The van der Waals surface area contributed by atoms with E-state index in [1.165, 1.54) is 7.11 Å². The molecule has 0 saturated heterocycles. The summed E-state index contributed by atoms with van der Waals surface area (Å²) >= 11 is 0. The molecule has 0 aliphatic heterocycles. The van der Waals surface area contributed by atoms with Gasteiger partial charge in [0.1, 0.15) is 0 Å². The van der Waals surface area contributed by atoms with Crippen LogP contribution in [0.15, 0.2) is 0 Å². The highest BCUT2D eigenvalue weighted by Crippen LogP contribution is 1.84. The van der Waals surface area contributed by atoms with Crippen molar-refractivity contribution in [3.63, 3.8) is 0 Å². The highest BCUT2D eigenvalue weighted by Gasteiger charge is 1.97. The smallest absolute Gasteiger partial charge is 0.211 e. The summed E-state index contributed by atoms with van der Waals surface area (Å²) in [6.07, 6.45) is -1.16. The number of rotatable bonds is 3. The van der Waals surface area contributed by atoms with Gasteiger partial charge in [-0.05, 0) is 7.05 Å². The van der Waals surface area contributed by atoms with Crippen molar-refractivity contribution in [2.45, 2.75) is 6.36 Å². The first-order valence-electron chi connectivity index (χ1n) is 2.12. The number of hydrogen-bond acceptors (Lipinski definition) is 2. The summed E-state index contributed by atoms with van der Waals surface area (Å²) in [4.78, 5) is 0. The molecule has 0 radical (unpaired) electrons. The number of likely N-dealkylation sites (N-methyl/N-ethyl adjacent to an activating group) is 1. The van der Waals surface area contributed by atoms with Gasteiger partial charge in [-0.15, -0.1) is 0 Å². The Bertz CT molecular complexity index is 42.7. The van der Waals surface area contributed by atoms with Gasteiger partial charge < -0.3 is 10.1 Å². The number of halogens is 1. The highest BCUT2D eigenvalue weighted by molar-refractivity contribution is 4.39. The molecule has 0 amide bonds. The Hall–Kier alpha value is -0.150. The van der Waals surface area contributed by atoms with E-state index in [-0.39, 0.29) is 6.54 Å². The Morgan fingerprint density at radius 1 is 1.86 bits per heavy atom. The largest absolute Gasteiger partial charge is 0.350 e. The number of ether oxygens (including phenoxy) is 1. The lowest BCUT2D eigenvalue weighted by molar-refractivity contribution is -0.00175. The van der Waals surface area contributed by atoms with E-state index >= 15 is 0 Å². The van der Waals surface area contributed by atoms with Gasteiger partial charge >= 0.3 is 0 Å². The Kier molecular flexibility index (Phi) is 3.93. The maximum atomic E-state index is 11.8. The molecule has 0 saturated carbocycles. The predicted octanol–water partition coefficient (Wildman–Crippen LogP) is 0.148. The average Bonchev–Trinajstić information content (AvgIpc) is 1.68. The van der Waals surface area contributed by atoms with Crippen molar-refractivity contribution in [2.24, 2.45) is 0 Å². The average molecular weight is 107 g/mol. The third kappa shape index (κ3) is 3.69. The van der Waals surface area contributed by atoms with Crippen LogP contribution >= 0.6 is 0 Å². The van der Waals surface area contributed by atoms with E-state index in [9.17, 15) is 4.39 Å². The number of nitrogens with one attached hydrogen (secondary N) is 1. The fraction of sp³-hybridized carbons (Fsp3) is 1.00. The topological polar surface area (TPSA) is 21.3 Å². The van der Waals surface area contributed by atoms with Crippen LogP contribution in [-0.2, 0) is 4.74 Å². The van der Waals surface area contributed by atoms with Crippen molar-refractivity contribution in [1.29, 1.82) is 0 Å². The lowest BCUT2D eigenvalue weighted by Crippen LogP contribution is -2.20. The van der Waals surface area contributed by atoms with E-state index in [0.29, 0.717) is 0 Å². The van der Waals surface area contributed by atoms with Crippen molar-refractivity contribution in [3.8, 4) is 0 Å². The standard InChI is InChI=1S/C4H10FNO/c1-6-3-4(5)7-2/h4,6H,3H2,1-2H3/t4-/m1/s1. The fourth-order valence-electron chi connectivity index (χ4n) is 0.244. The molecule has 0 heterocycles. The van der Waals surface area contributed by atoms with Crippen molar-refractivity contribution in [1.82, 2.24) is 5.32 Å². The van der Waals surface area contributed by atoms with E-state index in [1.807, 2.05) is 0 Å². The van der Waals surface area contributed by atoms with E-state index in [0.717, 1.165) is 0 Å². The summed E-state index contributed by atoms with van der Waals surface area (Å²) in [5, 5.41) is 2.62. The normalized spacial score (nSPS) is 14.1. The third-order valence-corrected chi connectivity index (χ3v) is 0.620. The van der Waals surface area contributed by atoms with Gasteiger partial charge in [0.25, 0.3) is 0 Å². The lowest BCUT2D eigenvalue weighted by atomic mass is 10.7. The van der Waals surface area contributed by atoms with Gasteiger partial charge in [0.15, 0.2) is 0 Å². The molecule has 0 fully saturated rings. The minimum atomic E-state index is -1.16. The Labute approximate surface area is 42.7 Å². The van der Waals surface area contributed by atoms with Gasteiger partial charge in [-0.3, -0.25) is 0 Å². The van der Waals surface area contributed by atoms with Gasteiger partial charge in [-0.1, -0.05) is 0 Å². The maximum absolute atomic E-state index is 11.8. The van der Waals surface area contributed by atoms with Crippen molar-refractivity contribution < 1.29 is 9.13 Å². The van der Waals surface area contributed by atoms with Crippen LogP contribution < -0.4 is 5.32 Å².